The average molecular weight is 823 g/mol. The van der Waals surface area contributed by atoms with Gasteiger partial charge in [0.2, 0.25) is 0 Å². The summed E-state index contributed by atoms with van der Waals surface area (Å²) >= 11 is 0. The molecule has 0 unspecified atom stereocenters. The number of nitrogens with zero attached hydrogens (tertiary/aromatic N) is 4. The van der Waals surface area contributed by atoms with Gasteiger partial charge in [0.1, 0.15) is 0 Å². The van der Waals surface area contributed by atoms with Crippen molar-refractivity contribution in [1.29, 1.82) is 0 Å². The Morgan fingerprint density at radius 2 is 0.984 bits per heavy atom. The van der Waals surface area contributed by atoms with Gasteiger partial charge in [-0.25, -0.2) is 0 Å². The number of hydrogen-bond acceptors (Lipinski definition) is 4. The van der Waals surface area contributed by atoms with Crippen molar-refractivity contribution in [3.63, 3.8) is 0 Å². The van der Waals surface area contributed by atoms with E-state index in [0.29, 0.717) is 0 Å². The van der Waals surface area contributed by atoms with Crippen molar-refractivity contribution in [1.82, 2.24) is 0 Å². The quantitative estimate of drug-likeness (QED) is 0.0902. The topological polar surface area (TPSA) is 13.0 Å². The second-order valence-corrected chi connectivity index (χ2v) is 15.6. The summed E-state index contributed by atoms with van der Waals surface area (Å²) in [5, 5.41) is 0. The fraction of sp³-hybridized carbons (Fsp3) is 0.119. The fourth-order valence-electron chi connectivity index (χ4n) is 7.92. The summed E-state index contributed by atoms with van der Waals surface area (Å²) < 4.78 is 0. The Labute approximate surface area is 376 Å². The molecule has 4 nitrogen and oxygen atoms in total. The number of anilines is 9. The van der Waals surface area contributed by atoms with E-state index in [1.807, 2.05) is 12.2 Å². The van der Waals surface area contributed by atoms with Gasteiger partial charge in [0.05, 0.1) is 0 Å². The summed E-state index contributed by atoms with van der Waals surface area (Å²) in [6.45, 7) is 18.7. The number of para-hydroxylation sites is 1. The van der Waals surface area contributed by atoms with Crippen molar-refractivity contribution in [3.8, 4) is 0 Å². The lowest BCUT2D eigenvalue weighted by Crippen LogP contribution is -2.20. The molecule has 0 bridgehead atoms. The van der Waals surface area contributed by atoms with E-state index < -0.39 is 0 Å². The Kier molecular flexibility index (Phi) is 14.4. The lowest BCUT2D eigenvalue weighted by molar-refractivity contribution is 0.997. The Hall–Kier alpha value is -7.56. The maximum atomic E-state index is 4.22. The van der Waals surface area contributed by atoms with Crippen LogP contribution in [0.15, 0.2) is 248 Å². The van der Waals surface area contributed by atoms with Crippen LogP contribution in [-0.2, 0) is 0 Å². The van der Waals surface area contributed by atoms with Gasteiger partial charge in [-0.2, -0.15) is 0 Å². The van der Waals surface area contributed by atoms with Crippen LogP contribution in [-0.4, -0.2) is 0 Å². The molecule has 0 radical (unpaired) electrons. The molecule has 63 heavy (non-hydrogen) atoms. The Balaban J connectivity index is 1.34. The van der Waals surface area contributed by atoms with Crippen LogP contribution >= 0.6 is 0 Å². The predicted octanol–water partition coefficient (Wildman–Crippen LogP) is 17.1. The minimum absolute atomic E-state index is 0.973. The number of rotatable bonds is 16. The Morgan fingerprint density at radius 1 is 0.508 bits per heavy atom. The van der Waals surface area contributed by atoms with E-state index in [1.54, 1.807) is 6.08 Å². The van der Waals surface area contributed by atoms with Crippen molar-refractivity contribution in [2.75, 3.05) is 19.6 Å². The fourth-order valence-corrected chi connectivity index (χ4v) is 7.92. The van der Waals surface area contributed by atoms with Gasteiger partial charge in [0.25, 0.3) is 0 Å². The van der Waals surface area contributed by atoms with Gasteiger partial charge < -0.3 is 19.6 Å². The van der Waals surface area contributed by atoms with Crippen molar-refractivity contribution in [3.05, 3.63) is 259 Å². The van der Waals surface area contributed by atoms with Crippen LogP contribution in [0.25, 0.3) is 0 Å². The highest BCUT2D eigenvalue weighted by Crippen LogP contribution is 2.42. The molecule has 6 aromatic carbocycles. The van der Waals surface area contributed by atoms with Crippen LogP contribution in [0.5, 0.6) is 0 Å². The molecule has 1 aliphatic carbocycles. The second kappa shape index (κ2) is 20.8. The third-order valence-corrected chi connectivity index (χ3v) is 11.1. The molecule has 7 rings (SSSR count). The van der Waals surface area contributed by atoms with Gasteiger partial charge in [-0.3, -0.25) is 0 Å². The van der Waals surface area contributed by atoms with Crippen LogP contribution in [0.4, 0.5) is 51.2 Å². The maximum Gasteiger partial charge on any atom is 0.0464 e. The number of hydrogen-bond donors (Lipinski definition) is 0. The van der Waals surface area contributed by atoms with Crippen molar-refractivity contribution < 1.29 is 0 Å². The van der Waals surface area contributed by atoms with Crippen LogP contribution in [0.3, 0.4) is 0 Å². The lowest BCUT2D eigenvalue weighted by Gasteiger charge is -2.31. The molecule has 314 valence electrons. The van der Waals surface area contributed by atoms with Gasteiger partial charge in [0.15, 0.2) is 0 Å². The molecule has 0 saturated carbocycles. The van der Waals surface area contributed by atoms with Crippen molar-refractivity contribution in [2.24, 2.45) is 0 Å². The molecule has 4 heteroatoms. The first-order valence-corrected chi connectivity index (χ1v) is 21.8. The number of allylic oxidation sites excluding steroid dienone is 11. The zero-order valence-corrected chi connectivity index (χ0v) is 37.3. The molecular formula is C59H58N4. The summed E-state index contributed by atoms with van der Waals surface area (Å²) in [5.41, 5.74) is 16.4. The molecule has 0 aromatic heterocycles. The molecule has 0 spiro atoms. The molecule has 0 amide bonds. The van der Waals surface area contributed by atoms with Gasteiger partial charge in [0, 0.05) is 68.3 Å². The van der Waals surface area contributed by atoms with E-state index in [2.05, 4.69) is 262 Å². The monoisotopic (exact) mass is 822 g/mol. The van der Waals surface area contributed by atoms with Gasteiger partial charge in [-0.05, 0) is 192 Å². The van der Waals surface area contributed by atoms with Gasteiger partial charge in [-0.15, -0.1) is 0 Å². The van der Waals surface area contributed by atoms with Crippen LogP contribution in [0.2, 0.25) is 0 Å². The molecule has 0 fully saturated rings. The second-order valence-electron chi connectivity index (χ2n) is 15.6. The van der Waals surface area contributed by atoms with E-state index >= 15 is 0 Å². The summed E-state index contributed by atoms with van der Waals surface area (Å²) in [4.78, 5) is 9.24. The molecule has 0 aliphatic heterocycles. The first-order valence-electron chi connectivity index (χ1n) is 21.8. The zero-order valence-electron chi connectivity index (χ0n) is 37.3. The van der Waals surface area contributed by atoms with Gasteiger partial charge >= 0.3 is 0 Å². The van der Waals surface area contributed by atoms with Crippen molar-refractivity contribution >= 4 is 51.2 Å². The molecule has 0 heterocycles. The summed E-state index contributed by atoms with van der Waals surface area (Å²) in [5.74, 6) is 0. The molecule has 6 aromatic rings. The Morgan fingerprint density at radius 3 is 1.44 bits per heavy atom. The van der Waals surface area contributed by atoms with Crippen LogP contribution in [0, 0.1) is 13.8 Å². The first kappa shape index (κ1) is 43.5. The number of aryl methyl sites for hydroxylation is 2. The highest BCUT2D eigenvalue weighted by molar-refractivity contribution is 5.83. The van der Waals surface area contributed by atoms with Crippen LogP contribution in [0.1, 0.15) is 44.7 Å². The van der Waals surface area contributed by atoms with Crippen LogP contribution < -0.4 is 19.6 Å². The maximum absolute atomic E-state index is 4.22. The minimum atomic E-state index is 0.973. The largest absolute Gasteiger partial charge is 0.311 e. The van der Waals surface area contributed by atoms with E-state index in [-0.39, 0.29) is 0 Å². The zero-order chi connectivity index (χ0) is 44.1. The third kappa shape index (κ3) is 10.3. The SMILES string of the molecule is C=C/C=C\C(=C/C)N(/C(C=C)=C/C(C)=C\C)c1ccc(N(c2ccc(N(C3=CCCC=C3)c3cccc(C)c3)cc2)c2ccc(N(c3ccccc3)c3cccc(C)c3)cc2)cc1. The first-order chi connectivity index (χ1) is 30.8. The van der Waals surface area contributed by atoms with E-state index in [9.17, 15) is 0 Å². The average Bonchev–Trinajstić information content (AvgIpc) is 3.32. The van der Waals surface area contributed by atoms with Crippen molar-refractivity contribution in [2.45, 2.75) is 47.5 Å². The molecule has 1 aliphatic rings. The van der Waals surface area contributed by atoms with Gasteiger partial charge in [-0.1, -0.05) is 97.7 Å². The summed E-state index contributed by atoms with van der Waals surface area (Å²) in [6.07, 6.45) is 23.1. The molecule has 0 atom stereocenters. The molecule has 0 N–H and O–H groups in total. The predicted molar refractivity (Wildman–Crippen MR) is 274 cm³/mol. The number of benzene rings is 6. The Bertz CT molecular complexity index is 2690. The smallest absolute Gasteiger partial charge is 0.0464 e. The minimum Gasteiger partial charge on any atom is -0.311 e. The molecule has 0 saturated heterocycles. The third-order valence-electron chi connectivity index (χ3n) is 11.1. The lowest BCUT2D eigenvalue weighted by atomic mass is 10.1. The standard InChI is InChI=1S/C59H58N4/c1-8-12-23-48(10-3)60(49(11-4)42-45(5)9-2)52-30-32-53(33-31-52)61(54-34-38-56(39-35-54)62(50-24-15-13-16-25-50)58-28-19-21-46(6)43-58)55-36-40-57(41-37-55)63(51-26-17-14-18-27-51)59-29-20-22-47(7)44-59/h8-13,15-17,19-44H,1,4,14,18H2,2-3,5-7H3/b23-12-,45-9-,48-10+,49-42+. The summed E-state index contributed by atoms with van der Waals surface area (Å²) in [7, 11) is 0. The normalized spacial score (nSPS) is 13.1. The highest BCUT2D eigenvalue weighted by atomic mass is 15.2. The highest BCUT2D eigenvalue weighted by Gasteiger charge is 2.20. The van der Waals surface area contributed by atoms with E-state index in [1.165, 1.54) is 16.8 Å². The van der Waals surface area contributed by atoms with E-state index in [0.717, 1.165) is 81.0 Å². The summed E-state index contributed by atoms with van der Waals surface area (Å²) in [6, 6.07) is 54.6. The molecular weight excluding hydrogens is 765 g/mol. The van der Waals surface area contributed by atoms with E-state index in [4.69, 9.17) is 0 Å².